The molecule has 3 aromatic rings. The number of hydrogen-bond acceptors (Lipinski definition) is 5. The van der Waals surface area contributed by atoms with E-state index in [0.717, 1.165) is 41.9 Å². The number of nitrogens with zero attached hydrogens (tertiary/aromatic N) is 4. The first-order chi connectivity index (χ1) is 14.2. The molecule has 0 saturated carbocycles. The van der Waals surface area contributed by atoms with Gasteiger partial charge in [0.2, 0.25) is 0 Å². The van der Waals surface area contributed by atoms with Crippen molar-refractivity contribution in [1.29, 1.82) is 0 Å². The second-order valence-electron chi connectivity index (χ2n) is 6.55. The highest BCUT2D eigenvalue weighted by Crippen LogP contribution is 2.19. The third-order valence-corrected chi connectivity index (χ3v) is 4.25. The molecule has 0 radical (unpaired) electrons. The molecule has 0 bridgehead atoms. The summed E-state index contributed by atoms with van der Waals surface area (Å²) in [7, 11) is 1.64. The van der Waals surface area contributed by atoms with Gasteiger partial charge in [0, 0.05) is 31.8 Å². The van der Waals surface area contributed by atoms with Crippen molar-refractivity contribution in [3.63, 3.8) is 0 Å². The number of hydrogen-bond donors (Lipinski definition) is 2. The first-order valence-electron chi connectivity index (χ1n) is 9.81. The summed E-state index contributed by atoms with van der Waals surface area (Å²) in [5.74, 6) is 3.21. The van der Waals surface area contributed by atoms with E-state index in [1.807, 2.05) is 66.9 Å². The molecule has 0 aliphatic heterocycles. The topological polar surface area (TPSA) is 85.1 Å². The highest BCUT2D eigenvalue weighted by molar-refractivity contribution is 5.79. The van der Waals surface area contributed by atoms with Crippen molar-refractivity contribution in [1.82, 2.24) is 25.2 Å². The van der Waals surface area contributed by atoms with Crippen molar-refractivity contribution in [2.24, 2.45) is 4.99 Å². The van der Waals surface area contributed by atoms with Crippen LogP contribution in [0.25, 0.3) is 5.65 Å². The van der Waals surface area contributed by atoms with E-state index >= 15 is 0 Å². The van der Waals surface area contributed by atoms with Gasteiger partial charge in [-0.25, -0.2) is 4.99 Å². The summed E-state index contributed by atoms with van der Waals surface area (Å²) in [6.45, 7) is 6.05. The molecule has 3 rings (SSSR count). The molecule has 154 valence electrons. The van der Waals surface area contributed by atoms with Crippen molar-refractivity contribution in [2.75, 3.05) is 26.7 Å². The normalized spacial score (nSPS) is 12.6. The maximum Gasteiger partial charge on any atom is 0.191 e. The number of guanidine groups is 1. The van der Waals surface area contributed by atoms with Crippen LogP contribution in [0.15, 0.2) is 53.7 Å². The zero-order chi connectivity index (χ0) is 20.5. The molecule has 8 heteroatoms. The number of ether oxygens (including phenoxy) is 2. The first-order valence-corrected chi connectivity index (χ1v) is 9.81. The Hall–Kier alpha value is -3.29. The predicted octanol–water partition coefficient (Wildman–Crippen LogP) is 2.30. The van der Waals surface area contributed by atoms with E-state index in [4.69, 9.17) is 9.47 Å². The summed E-state index contributed by atoms with van der Waals surface area (Å²) in [6.07, 6.45) is 2.64. The van der Waals surface area contributed by atoms with Crippen LogP contribution >= 0.6 is 0 Å². The van der Waals surface area contributed by atoms with Gasteiger partial charge in [0.25, 0.3) is 0 Å². The van der Waals surface area contributed by atoms with Crippen molar-refractivity contribution in [2.45, 2.75) is 26.4 Å². The average molecular weight is 396 g/mol. The average Bonchev–Trinajstić information content (AvgIpc) is 3.15. The van der Waals surface area contributed by atoms with Crippen LogP contribution in [0.5, 0.6) is 11.5 Å². The fourth-order valence-electron chi connectivity index (χ4n) is 2.86. The fourth-order valence-corrected chi connectivity index (χ4v) is 2.86. The molecule has 2 heterocycles. The van der Waals surface area contributed by atoms with E-state index in [-0.39, 0.29) is 6.10 Å². The number of aliphatic imine (C=N–C) groups is 1. The highest BCUT2D eigenvalue weighted by atomic mass is 16.5. The van der Waals surface area contributed by atoms with E-state index < -0.39 is 0 Å². The smallest absolute Gasteiger partial charge is 0.191 e. The largest absolute Gasteiger partial charge is 0.497 e. The Balaban J connectivity index is 1.52. The van der Waals surface area contributed by atoms with E-state index in [9.17, 15) is 0 Å². The monoisotopic (exact) mass is 396 g/mol. The lowest BCUT2D eigenvalue weighted by Gasteiger charge is -2.15. The molecule has 8 nitrogen and oxygen atoms in total. The third kappa shape index (κ3) is 5.84. The van der Waals surface area contributed by atoms with Crippen LogP contribution in [-0.2, 0) is 6.42 Å². The van der Waals surface area contributed by atoms with E-state index in [1.165, 1.54) is 0 Å². The second-order valence-corrected chi connectivity index (χ2v) is 6.55. The number of fused-ring (bicyclic) bond motifs is 1. The SMILES string of the molecule is CCNC(=NCC(C)Oc1cccc(OC)c1)NCCc1nnc2ccccn12. The number of pyridine rings is 1. The molecule has 0 fully saturated rings. The van der Waals surface area contributed by atoms with Gasteiger partial charge in [-0.05, 0) is 38.1 Å². The molecule has 0 aliphatic rings. The van der Waals surface area contributed by atoms with Gasteiger partial charge >= 0.3 is 0 Å². The van der Waals surface area contributed by atoms with Crippen LogP contribution in [0.2, 0.25) is 0 Å². The zero-order valence-corrected chi connectivity index (χ0v) is 17.1. The molecule has 1 atom stereocenters. The minimum atomic E-state index is -0.0713. The lowest BCUT2D eigenvalue weighted by atomic mass is 10.3. The van der Waals surface area contributed by atoms with Gasteiger partial charge in [0.15, 0.2) is 11.6 Å². The standard InChI is InChI=1S/C21H28N6O2/c1-4-22-21(23-12-11-20-26-25-19-10-5-6-13-27(19)20)24-15-16(2)29-18-9-7-8-17(14-18)28-3/h5-10,13-14,16H,4,11-12,15H2,1-3H3,(H2,22,23,24). The molecule has 0 amide bonds. The van der Waals surface area contributed by atoms with Crippen LogP contribution in [0, 0.1) is 0 Å². The Kier molecular flexibility index (Phi) is 7.27. The molecule has 0 saturated heterocycles. The van der Waals surface area contributed by atoms with Gasteiger partial charge in [-0.1, -0.05) is 12.1 Å². The number of benzene rings is 1. The molecule has 2 aromatic heterocycles. The van der Waals surface area contributed by atoms with Crippen LogP contribution in [-0.4, -0.2) is 53.4 Å². The Morgan fingerprint density at radius 2 is 2.00 bits per heavy atom. The summed E-state index contributed by atoms with van der Waals surface area (Å²) < 4.78 is 13.2. The minimum Gasteiger partial charge on any atom is -0.497 e. The summed E-state index contributed by atoms with van der Waals surface area (Å²) in [5.41, 5.74) is 0.853. The maximum absolute atomic E-state index is 5.93. The summed E-state index contributed by atoms with van der Waals surface area (Å²) in [6, 6.07) is 13.4. The first kappa shape index (κ1) is 20.4. The van der Waals surface area contributed by atoms with Gasteiger partial charge in [-0.2, -0.15) is 0 Å². The summed E-state index contributed by atoms with van der Waals surface area (Å²) in [4.78, 5) is 4.63. The van der Waals surface area contributed by atoms with Crippen LogP contribution in [0.4, 0.5) is 0 Å². The van der Waals surface area contributed by atoms with Gasteiger partial charge in [0.05, 0.1) is 13.7 Å². The molecule has 1 aromatic carbocycles. The number of methoxy groups -OCH3 is 1. The molecule has 2 N–H and O–H groups in total. The van der Waals surface area contributed by atoms with Crippen LogP contribution in [0.1, 0.15) is 19.7 Å². The highest BCUT2D eigenvalue weighted by Gasteiger charge is 2.07. The molecular formula is C21H28N6O2. The second kappa shape index (κ2) is 10.3. The van der Waals surface area contributed by atoms with Gasteiger partial charge < -0.3 is 20.1 Å². The van der Waals surface area contributed by atoms with Crippen LogP contribution < -0.4 is 20.1 Å². The number of aromatic nitrogens is 3. The molecule has 0 spiro atoms. The minimum absolute atomic E-state index is 0.0713. The van der Waals surface area contributed by atoms with Gasteiger partial charge in [-0.15, -0.1) is 10.2 Å². The van der Waals surface area contributed by atoms with Crippen molar-refractivity contribution in [3.05, 3.63) is 54.5 Å². The van der Waals surface area contributed by atoms with E-state index in [2.05, 4.69) is 25.8 Å². The molecular weight excluding hydrogens is 368 g/mol. The Morgan fingerprint density at radius 3 is 2.83 bits per heavy atom. The van der Waals surface area contributed by atoms with Crippen molar-refractivity contribution in [3.8, 4) is 11.5 Å². The van der Waals surface area contributed by atoms with Gasteiger partial charge in [0.1, 0.15) is 23.4 Å². The fraction of sp³-hybridized carbons (Fsp3) is 0.381. The summed E-state index contributed by atoms with van der Waals surface area (Å²) >= 11 is 0. The molecule has 0 aliphatic carbocycles. The lowest BCUT2D eigenvalue weighted by Crippen LogP contribution is -2.39. The quantitative estimate of drug-likeness (QED) is 0.426. The number of nitrogens with one attached hydrogen (secondary N) is 2. The Bertz CT molecular complexity index is 940. The molecule has 1 unspecified atom stereocenters. The number of rotatable bonds is 9. The maximum atomic E-state index is 5.93. The van der Waals surface area contributed by atoms with Crippen molar-refractivity contribution < 1.29 is 9.47 Å². The summed E-state index contributed by atoms with van der Waals surface area (Å²) in [5, 5.41) is 15.0. The lowest BCUT2D eigenvalue weighted by molar-refractivity contribution is 0.229. The van der Waals surface area contributed by atoms with E-state index in [1.54, 1.807) is 7.11 Å². The van der Waals surface area contributed by atoms with E-state index in [0.29, 0.717) is 13.1 Å². The zero-order valence-electron chi connectivity index (χ0n) is 17.1. The van der Waals surface area contributed by atoms with Crippen LogP contribution in [0.3, 0.4) is 0 Å². The molecule has 29 heavy (non-hydrogen) atoms. The Labute approximate surface area is 171 Å². The Morgan fingerprint density at radius 1 is 1.14 bits per heavy atom. The predicted molar refractivity (Wildman–Crippen MR) is 114 cm³/mol. The third-order valence-electron chi connectivity index (χ3n) is 4.25. The van der Waals surface area contributed by atoms with Crippen molar-refractivity contribution >= 4 is 11.6 Å². The van der Waals surface area contributed by atoms with Gasteiger partial charge in [-0.3, -0.25) is 4.40 Å².